The van der Waals surface area contributed by atoms with Crippen molar-refractivity contribution in [2.75, 3.05) is 5.32 Å². The van der Waals surface area contributed by atoms with Crippen LogP contribution in [0.2, 0.25) is 0 Å². The monoisotopic (exact) mass is 219 g/mol. The molecule has 0 aliphatic carbocycles. The van der Waals surface area contributed by atoms with Crippen LogP contribution in [0.1, 0.15) is 27.4 Å². The van der Waals surface area contributed by atoms with Crippen LogP contribution in [0.5, 0.6) is 0 Å². The molecule has 6 nitrogen and oxygen atoms in total. The molecule has 0 saturated carbocycles. The largest absolute Gasteiger partial charge is 0.305 e. The lowest BCUT2D eigenvalue weighted by molar-refractivity contribution is 0.102. The predicted octanol–water partition coefficient (Wildman–Crippen LogP) is 1.31. The van der Waals surface area contributed by atoms with Gasteiger partial charge in [0, 0.05) is 17.5 Å². The number of aromatic amines is 2. The molecule has 2 aromatic heterocycles. The molecule has 0 aliphatic rings. The number of anilines is 1. The van der Waals surface area contributed by atoms with Gasteiger partial charge in [0.05, 0.1) is 11.3 Å². The first-order valence-electron chi connectivity index (χ1n) is 4.93. The zero-order chi connectivity index (χ0) is 11.7. The van der Waals surface area contributed by atoms with E-state index in [1.165, 1.54) is 0 Å². The molecule has 6 heteroatoms. The highest BCUT2D eigenvalue weighted by Gasteiger charge is 2.15. The quantitative estimate of drug-likeness (QED) is 0.711. The van der Waals surface area contributed by atoms with Crippen molar-refractivity contribution >= 4 is 11.7 Å². The van der Waals surface area contributed by atoms with Crippen LogP contribution in [0.25, 0.3) is 0 Å². The summed E-state index contributed by atoms with van der Waals surface area (Å²) < 4.78 is 0. The van der Waals surface area contributed by atoms with E-state index in [0.29, 0.717) is 17.1 Å². The minimum Gasteiger partial charge on any atom is -0.305 e. The third kappa shape index (κ3) is 1.81. The molecule has 0 unspecified atom stereocenters. The fourth-order valence-electron chi connectivity index (χ4n) is 1.55. The number of aromatic nitrogens is 4. The van der Waals surface area contributed by atoms with Crippen LogP contribution in [0.3, 0.4) is 0 Å². The Labute approximate surface area is 92.5 Å². The van der Waals surface area contributed by atoms with Crippen molar-refractivity contribution in [3.8, 4) is 0 Å². The minimum atomic E-state index is -0.199. The summed E-state index contributed by atoms with van der Waals surface area (Å²) >= 11 is 0. The van der Waals surface area contributed by atoms with Gasteiger partial charge in [0.25, 0.3) is 5.91 Å². The maximum Gasteiger partial charge on any atom is 0.260 e. The van der Waals surface area contributed by atoms with Gasteiger partial charge in [0.1, 0.15) is 0 Å². The van der Waals surface area contributed by atoms with Crippen molar-refractivity contribution in [1.82, 2.24) is 20.4 Å². The topological polar surface area (TPSA) is 86.5 Å². The zero-order valence-corrected chi connectivity index (χ0v) is 9.38. The Morgan fingerprint density at radius 2 is 2.00 bits per heavy atom. The van der Waals surface area contributed by atoms with Crippen molar-refractivity contribution in [3.63, 3.8) is 0 Å². The predicted molar refractivity (Wildman–Crippen MR) is 59.3 cm³/mol. The number of rotatable bonds is 2. The fourth-order valence-corrected chi connectivity index (χ4v) is 1.55. The SMILES string of the molecule is Cc1cc(NC(=O)c2c(C)n[nH]c2C)n[nH]1. The van der Waals surface area contributed by atoms with E-state index in [1.807, 2.05) is 13.8 Å². The highest BCUT2D eigenvalue weighted by molar-refractivity contribution is 6.05. The average molecular weight is 219 g/mol. The number of hydrogen-bond donors (Lipinski definition) is 3. The Bertz CT molecular complexity index is 506. The molecule has 0 saturated heterocycles. The normalized spacial score (nSPS) is 10.4. The van der Waals surface area contributed by atoms with E-state index in [0.717, 1.165) is 11.4 Å². The molecule has 0 aromatic carbocycles. The molecule has 0 aliphatic heterocycles. The molecule has 1 amide bonds. The van der Waals surface area contributed by atoms with E-state index >= 15 is 0 Å². The first-order chi connectivity index (χ1) is 7.58. The van der Waals surface area contributed by atoms with Crippen molar-refractivity contribution in [1.29, 1.82) is 0 Å². The van der Waals surface area contributed by atoms with Gasteiger partial charge in [-0.1, -0.05) is 0 Å². The molecule has 84 valence electrons. The Balaban J connectivity index is 2.21. The standard InChI is InChI=1S/C10H13N5O/c1-5-4-8(15-12-5)11-10(16)9-6(2)13-14-7(9)3/h4H,1-3H3,(H,13,14)(H2,11,12,15,16). The Kier molecular flexibility index (Phi) is 2.47. The lowest BCUT2D eigenvalue weighted by Gasteiger charge is -2.00. The zero-order valence-electron chi connectivity index (χ0n) is 9.38. The number of carbonyl (C=O) groups is 1. The van der Waals surface area contributed by atoms with Crippen LogP contribution in [-0.4, -0.2) is 26.3 Å². The third-order valence-electron chi connectivity index (χ3n) is 2.30. The molecule has 2 aromatic rings. The lowest BCUT2D eigenvalue weighted by Crippen LogP contribution is -2.13. The molecule has 16 heavy (non-hydrogen) atoms. The summed E-state index contributed by atoms with van der Waals surface area (Å²) in [6.07, 6.45) is 0. The number of H-pyrrole nitrogens is 2. The fraction of sp³-hybridized carbons (Fsp3) is 0.300. The molecule has 0 bridgehead atoms. The van der Waals surface area contributed by atoms with E-state index in [-0.39, 0.29) is 5.91 Å². The minimum absolute atomic E-state index is 0.199. The first kappa shape index (κ1) is 10.4. The van der Waals surface area contributed by atoms with Crippen LogP contribution >= 0.6 is 0 Å². The van der Waals surface area contributed by atoms with Gasteiger partial charge in [-0.05, 0) is 20.8 Å². The third-order valence-corrected chi connectivity index (χ3v) is 2.30. The smallest absolute Gasteiger partial charge is 0.260 e. The van der Waals surface area contributed by atoms with Crippen LogP contribution < -0.4 is 5.32 Å². The van der Waals surface area contributed by atoms with Gasteiger partial charge in [-0.3, -0.25) is 15.0 Å². The van der Waals surface area contributed by atoms with Crippen LogP contribution in [0.4, 0.5) is 5.82 Å². The number of hydrogen-bond acceptors (Lipinski definition) is 3. The maximum absolute atomic E-state index is 11.9. The molecular weight excluding hydrogens is 206 g/mol. The number of nitrogens with one attached hydrogen (secondary N) is 3. The molecule has 0 atom stereocenters. The summed E-state index contributed by atoms with van der Waals surface area (Å²) in [4.78, 5) is 11.9. The van der Waals surface area contributed by atoms with Crippen molar-refractivity contribution < 1.29 is 4.79 Å². The summed E-state index contributed by atoms with van der Waals surface area (Å²) in [5, 5.41) is 16.1. The van der Waals surface area contributed by atoms with Crippen LogP contribution in [0, 0.1) is 20.8 Å². The summed E-state index contributed by atoms with van der Waals surface area (Å²) in [7, 11) is 0. The van der Waals surface area contributed by atoms with Crippen molar-refractivity contribution in [3.05, 3.63) is 28.7 Å². The van der Waals surface area contributed by atoms with Gasteiger partial charge in [-0.25, -0.2) is 0 Å². The molecule has 3 N–H and O–H groups in total. The molecule has 0 radical (unpaired) electrons. The molecule has 0 spiro atoms. The number of nitrogens with zero attached hydrogens (tertiary/aromatic N) is 2. The highest BCUT2D eigenvalue weighted by Crippen LogP contribution is 2.12. The van der Waals surface area contributed by atoms with E-state index in [9.17, 15) is 4.79 Å². The summed E-state index contributed by atoms with van der Waals surface area (Å²) in [5.74, 6) is 0.317. The van der Waals surface area contributed by atoms with Gasteiger partial charge < -0.3 is 5.32 Å². The van der Waals surface area contributed by atoms with Crippen LogP contribution in [-0.2, 0) is 0 Å². The maximum atomic E-state index is 11.9. The number of carbonyl (C=O) groups excluding carboxylic acids is 1. The second kappa shape index (κ2) is 3.80. The summed E-state index contributed by atoms with van der Waals surface area (Å²) in [6, 6.07) is 1.77. The van der Waals surface area contributed by atoms with Crippen molar-refractivity contribution in [2.24, 2.45) is 0 Å². The Morgan fingerprint density at radius 1 is 1.25 bits per heavy atom. The molecule has 2 heterocycles. The first-order valence-corrected chi connectivity index (χ1v) is 4.93. The average Bonchev–Trinajstić information content (AvgIpc) is 2.74. The Hall–Kier alpha value is -2.11. The highest BCUT2D eigenvalue weighted by atomic mass is 16.1. The van der Waals surface area contributed by atoms with Gasteiger partial charge in [0.2, 0.25) is 0 Å². The molecular formula is C10H13N5O. The van der Waals surface area contributed by atoms with E-state index < -0.39 is 0 Å². The second-order valence-corrected chi connectivity index (χ2v) is 3.70. The van der Waals surface area contributed by atoms with Gasteiger partial charge in [0.15, 0.2) is 5.82 Å². The van der Waals surface area contributed by atoms with Crippen LogP contribution in [0.15, 0.2) is 6.07 Å². The number of amides is 1. The van der Waals surface area contributed by atoms with E-state index in [1.54, 1.807) is 13.0 Å². The van der Waals surface area contributed by atoms with E-state index in [2.05, 4.69) is 25.7 Å². The summed E-state index contributed by atoms with van der Waals surface area (Å²) in [5.41, 5.74) is 2.90. The second-order valence-electron chi connectivity index (χ2n) is 3.70. The van der Waals surface area contributed by atoms with Gasteiger partial charge >= 0.3 is 0 Å². The van der Waals surface area contributed by atoms with Gasteiger partial charge in [-0.2, -0.15) is 10.2 Å². The number of aryl methyl sites for hydroxylation is 3. The Morgan fingerprint density at radius 3 is 2.50 bits per heavy atom. The van der Waals surface area contributed by atoms with Gasteiger partial charge in [-0.15, -0.1) is 0 Å². The lowest BCUT2D eigenvalue weighted by atomic mass is 10.2. The molecule has 2 rings (SSSR count). The van der Waals surface area contributed by atoms with Crippen molar-refractivity contribution in [2.45, 2.75) is 20.8 Å². The molecule has 0 fully saturated rings. The van der Waals surface area contributed by atoms with E-state index in [4.69, 9.17) is 0 Å². The summed E-state index contributed by atoms with van der Waals surface area (Å²) in [6.45, 7) is 5.47.